The molecule has 1 fully saturated rings. The number of nitrogens with one attached hydrogen (secondary N) is 2. The second kappa shape index (κ2) is 16.0. The molecule has 7 rings (SSSR count). The third-order valence-electron chi connectivity index (χ3n) is 8.67. The Hall–Kier alpha value is -6.86. The van der Waals surface area contributed by atoms with E-state index < -0.39 is 17.1 Å². The van der Waals surface area contributed by atoms with Crippen molar-refractivity contribution in [1.82, 2.24) is 10.3 Å². The van der Waals surface area contributed by atoms with Crippen molar-refractivity contribution in [3.8, 4) is 28.7 Å². The minimum Gasteiger partial charge on any atom is -0.493 e. The van der Waals surface area contributed by atoms with Gasteiger partial charge in [0.1, 0.15) is 11.2 Å². The molecule has 6 aromatic rings. The number of aromatic nitrogens is 1. The Labute approximate surface area is 320 Å². The number of para-hydroxylation sites is 2. The molecule has 5 aromatic carbocycles. The van der Waals surface area contributed by atoms with Crippen LogP contribution in [0.25, 0.3) is 28.6 Å². The average Bonchev–Trinajstić information content (AvgIpc) is 3.77. The lowest BCUT2D eigenvalue weighted by atomic mass is 10.1. The van der Waals surface area contributed by atoms with Crippen molar-refractivity contribution in [3.05, 3.63) is 132 Å². The van der Waals surface area contributed by atoms with Gasteiger partial charge in [-0.2, -0.15) is 0 Å². The standard InChI is InChI=1S/C42H34N4O8S/c1-51-34-21-25(22-35(52-2)38(34)53-3)20-32(44-39(48)26-10-5-4-6-11-26)40(49)43-28-12-9-13-30(23-28)55-36-24-37(47)46(42(36)50)29-18-16-27(17-19-29)41-45-31-14-7-8-15-33(31)54-41/h4-23,36H,24H2,1-3H3,(H,43,49)(H,44,48)/b32-20-/t36-/m1/s1. The number of carbonyl (C=O) groups is 4. The van der Waals surface area contributed by atoms with Crippen LogP contribution in [0.2, 0.25) is 0 Å². The van der Waals surface area contributed by atoms with Crippen LogP contribution in [-0.4, -0.2) is 55.2 Å². The van der Waals surface area contributed by atoms with Crippen LogP contribution in [0.4, 0.5) is 11.4 Å². The second-order valence-corrected chi connectivity index (χ2v) is 13.5. The number of fused-ring (bicyclic) bond motifs is 1. The van der Waals surface area contributed by atoms with Gasteiger partial charge in [-0.3, -0.25) is 19.2 Å². The number of methoxy groups -OCH3 is 3. The SMILES string of the molecule is COc1cc(/C=C(\NC(=O)c2ccccc2)C(=O)Nc2cccc(S[C@@H]3CC(=O)N(c4ccc(-c5nc6ccccc6o5)cc4)C3=O)c2)cc(OC)c1OC. The smallest absolute Gasteiger partial charge is 0.272 e. The molecule has 0 saturated carbocycles. The zero-order valence-electron chi connectivity index (χ0n) is 29.9. The van der Waals surface area contributed by atoms with Gasteiger partial charge in [0, 0.05) is 28.1 Å². The van der Waals surface area contributed by atoms with Gasteiger partial charge in [0.15, 0.2) is 17.1 Å². The highest BCUT2D eigenvalue weighted by molar-refractivity contribution is 8.00. The first-order valence-electron chi connectivity index (χ1n) is 17.0. The monoisotopic (exact) mass is 754 g/mol. The van der Waals surface area contributed by atoms with Gasteiger partial charge in [-0.05, 0) is 90.5 Å². The van der Waals surface area contributed by atoms with E-state index in [2.05, 4.69) is 15.6 Å². The molecule has 1 aliphatic rings. The van der Waals surface area contributed by atoms with Crippen LogP contribution in [-0.2, 0) is 14.4 Å². The van der Waals surface area contributed by atoms with E-state index in [0.717, 1.165) is 5.52 Å². The maximum absolute atomic E-state index is 13.8. The number of hydrogen-bond acceptors (Lipinski definition) is 10. The van der Waals surface area contributed by atoms with Crippen molar-refractivity contribution < 1.29 is 37.8 Å². The van der Waals surface area contributed by atoms with Gasteiger partial charge in [-0.15, -0.1) is 11.8 Å². The number of amides is 4. The molecule has 1 aromatic heterocycles. The summed E-state index contributed by atoms with van der Waals surface area (Å²) in [6, 6.07) is 33.1. The predicted octanol–water partition coefficient (Wildman–Crippen LogP) is 7.35. The molecule has 4 amide bonds. The molecule has 0 bridgehead atoms. The summed E-state index contributed by atoms with van der Waals surface area (Å²) in [7, 11) is 4.44. The maximum atomic E-state index is 13.8. The highest BCUT2D eigenvalue weighted by Crippen LogP contribution is 2.39. The normalized spacial score (nSPS) is 14.2. The molecule has 0 spiro atoms. The molecular formula is C42H34N4O8S. The predicted molar refractivity (Wildman–Crippen MR) is 209 cm³/mol. The van der Waals surface area contributed by atoms with E-state index >= 15 is 0 Å². The summed E-state index contributed by atoms with van der Waals surface area (Å²) < 4.78 is 22.2. The quantitative estimate of drug-likeness (QED) is 0.0959. The number of nitrogens with zero attached hydrogens (tertiary/aromatic N) is 2. The largest absolute Gasteiger partial charge is 0.493 e. The first-order chi connectivity index (χ1) is 26.7. The van der Waals surface area contributed by atoms with Gasteiger partial charge in [0.05, 0.1) is 32.3 Å². The van der Waals surface area contributed by atoms with Crippen molar-refractivity contribution in [2.24, 2.45) is 0 Å². The van der Waals surface area contributed by atoms with Crippen LogP contribution in [0.5, 0.6) is 17.2 Å². The van der Waals surface area contributed by atoms with Gasteiger partial charge in [-0.25, -0.2) is 9.88 Å². The Bertz CT molecular complexity index is 2390. The van der Waals surface area contributed by atoms with Crippen molar-refractivity contribution in [1.29, 1.82) is 0 Å². The average molecular weight is 755 g/mol. The fraction of sp³-hybridized carbons (Fsp3) is 0.119. The summed E-state index contributed by atoms with van der Waals surface area (Å²) in [4.78, 5) is 60.1. The zero-order valence-corrected chi connectivity index (χ0v) is 30.7. The summed E-state index contributed by atoms with van der Waals surface area (Å²) in [5, 5.41) is 4.89. The number of benzene rings is 5. The Morgan fingerprint density at radius 1 is 0.836 bits per heavy atom. The lowest BCUT2D eigenvalue weighted by molar-refractivity contribution is -0.121. The number of hydrogen-bond donors (Lipinski definition) is 2. The van der Waals surface area contributed by atoms with E-state index in [1.165, 1.54) is 44.1 Å². The van der Waals surface area contributed by atoms with Gasteiger partial charge in [-0.1, -0.05) is 36.4 Å². The lowest BCUT2D eigenvalue weighted by Crippen LogP contribution is -2.31. The number of rotatable bonds is 12. The Balaban J connectivity index is 1.08. The van der Waals surface area contributed by atoms with E-state index in [1.807, 2.05) is 24.3 Å². The third-order valence-corrected chi connectivity index (χ3v) is 9.85. The molecule has 1 aliphatic heterocycles. The molecule has 2 heterocycles. The molecule has 0 aliphatic carbocycles. The zero-order chi connectivity index (χ0) is 38.5. The summed E-state index contributed by atoms with van der Waals surface area (Å²) in [6.45, 7) is 0. The summed E-state index contributed by atoms with van der Waals surface area (Å²) >= 11 is 1.22. The number of thioether (sulfide) groups is 1. The minimum absolute atomic E-state index is 0.000155. The van der Waals surface area contributed by atoms with Gasteiger partial charge in [0.2, 0.25) is 23.5 Å². The maximum Gasteiger partial charge on any atom is 0.272 e. The van der Waals surface area contributed by atoms with Crippen LogP contribution in [0.1, 0.15) is 22.3 Å². The number of imide groups is 1. The molecule has 0 unspecified atom stereocenters. The fourth-order valence-corrected chi connectivity index (χ4v) is 7.13. The topological polar surface area (TPSA) is 149 Å². The number of carbonyl (C=O) groups excluding carboxylic acids is 4. The first-order valence-corrected chi connectivity index (χ1v) is 17.9. The van der Waals surface area contributed by atoms with Crippen LogP contribution < -0.4 is 29.7 Å². The Kier molecular flexibility index (Phi) is 10.6. The summed E-state index contributed by atoms with van der Waals surface area (Å²) in [5.41, 5.74) is 3.75. The second-order valence-electron chi connectivity index (χ2n) is 12.2. The van der Waals surface area contributed by atoms with Crippen molar-refractivity contribution in [2.45, 2.75) is 16.6 Å². The highest BCUT2D eigenvalue weighted by Gasteiger charge is 2.40. The molecular weight excluding hydrogens is 721 g/mol. The van der Waals surface area contributed by atoms with Crippen LogP contribution in [0, 0.1) is 0 Å². The van der Waals surface area contributed by atoms with Crippen molar-refractivity contribution in [3.63, 3.8) is 0 Å². The van der Waals surface area contributed by atoms with Gasteiger partial charge >= 0.3 is 0 Å². The molecule has 12 nitrogen and oxygen atoms in total. The van der Waals surface area contributed by atoms with Crippen molar-refractivity contribution >= 4 is 63.9 Å². The third kappa shape index (κ3) is 7.92. The number of oxazole rings is 1. The van der Waals surface area contributed by atoms with Crippen molar-refractivity contribution in [2.75, 3.05) is 31.5 Å². The first kappa shape index (κ1) is 36.5. The number of anilines is 2. The van der Waals surface area contributed by atoms with Crippen LogP contribution in [0.15, 0.2) is 130 Å². The number of ether oxygens (including phenoxy) is 3. The van der Waals surface area contributed by atoms with E-state index in [-0.39, 0.29) is 23.9 Å². The molecule has 1 saturated heterocycles. The van der Waals surface area contributed by atoms with Crippen LogP contribution in [0.3, 0.4) is 0 Å². The minimum atomic E-state index is -0.684. The Morgan fingerprint density at radius 2 is 1.55 bits per heavy atom. The van der Waals surface area contributed by atoms with Gasteiger partial charge < -0.3 is 29.3 Å². The summed E-state index contributed by atoms with van der Waals surface area (Å²) in [5.74, 6) is -0.237. The van der Waals surface area contributed by atoms with E-state index in [1.54, 1.807) is 91.0 Å². The summed E-state index contributed by atoms with van der Waals surface area (Å²) in [6.07, 6.45) is 1.50. The Morgan fingerprint density at radius 3 is 2.24 bits per heavy atom. The van der Waals surface area contributed by atoms with Gasteiger partial charge in [0.25, 0.3) is 11.8 Å². The molecule has 2 N–H and O–H groups in total. The van der Waals surface area contributed by atoms with E-state index in [0.29, 0.717) is 61.7 Å². The van der Waals surface area contributed by atoms with E-state index in [4.69, 9.17) is 18.6 Å². The van der Waals surface area contributed by atoms with Crippen LogP contribution >= 0.6 is 11.8 Å². The molecule has 0 radical (unpaired) electrons. The molecule has 276 valence electrons. The molecule has 55 heavy (non-hydrogen) atoms. The lowest BCUT2D eigenvalue weighted by Gasteiger charge is -2.16. The molecule has 1 atom stereocenters. The molecule has 13 heteroatoms. The highest BCUT2D eigenvalue weighted by atomic mass is 32.2. The fourth-order valence-electron chi connectivity index (χ4n) is 6.02. The van der Waals surface area contributed by atoms with E-state index in [9.17, 15) is 19.2 Å².